The fraction of sp³-hybridized carbons (Fsp3) is 0.618. The van der Waals surface area contributed by atoms with Gasteiger partial charge in [-0.25, -0.2) is 0 Å². The van der Waals surface area contributed by atoms with E-state index in [1.165, 1.54) is 37.0 Å². The number of phenols is 1. The summed E-state index contributed by atoms with van der Waals surface area (Å²) in [6.07, 6.45) is 6.86. The molecule has 5 fully saturated rings. The van der Waals surface area contributed by atoms with Crippen LogP contribution in [0.3, 0.4) is 0 Å². The van der Waals surface area contributed by atoms with Crippen molar-refractivity contribution in [1.29, 1.82) is 0 Å². The maximum Gasteiger partial charge on any atom is 0.255 e. The van der Waals surface area contributed by atoms with Gasteiger partial charge in [-0.3, -0.25) is 19.3 Å². The number of ketones is 2. The number of fused-ring (bicyclic) bond motifs is 3. The zero-order valence-electron chi connectivity index (χ0n) is 26.3. The number of carbonyl (C=O) groups is 3. The van der Waals surface area contributed by atoms with Crippen LogP contribution in [0.4, 0.5) is 5.69 Å². The zero-order chi connectivity index (χ0) is 32.3. The number of aliphatic hydroxyl groups excluding tert-OH is 2. The molecule has 1 aromatic rings. The highest BCUT2D eigenvalue weighted by Crippen LogP contribution is 2.55. The van der Waals surface area contributed by atoms with Crippen molar-refractivity contribution < 1.29 is 34.8 Å². The molecule has 0 aromatic heterocycles. The number of hydrogen-bond donors (Lipinski definition) is 6. The summed E-state index contributed by atoms with van der Waals surface area (Å²) in [7, 11) is 7.02. The Morgan fingerprint density at radius 3 is 2.18 bits per heavy atom. The van der Waals surface area contributed by atoms with Crippen LogP contribution in [0.1, 0.15) is 55.2 Å². The molecule has 7 aliphatic carbocycles. The molecule has 0 spiro atoms. The molecule has 7 aliphatic rings. The van der Waals surface area contributed by atoms with E-state index in [-0.39, 0.29) is 29.7 Å². The number of likely N-dealkylation sites (N-methyl/N-ethyl adjacent to an activating group) is 1. The third-order valence-corrected chi connectivity index (χ3v) is 12.0. The van der Waals surface area contributed by atoms with Crippen molar-refractivity contribution in [1.82, 2.24) is 10.2 Å². The van der Waals surface area contributed by atoms with E-state index in [1.807, 2.05) is 19.0 Å². The fourth-order valence-corrected chi connectivity index (χ4v) is 10.5. The molecule has 1 aromatic carbocycles. The molecule has 45 heavy (non-hydrogen) atoms. The topological polar surface area (TPSA) is 177 Å². The van der Waals surface area contributed by atoms with Gasteiger partial charge in [0.1, 0.15) is 22.8 Å². The Kier molecular flexibility index (Phi) is 6.93. The summed E-state index contributed by atoms with van der Waals surface area (Å²) in [6, 6.07) is 0.973. The molecule has 1 amide bonds. The zero-order valence-corrected chi connectivity index (χ0v) is 26.3. The number of hydrogen-bond acceptors (Lipinski definition) is 10. The monoisotopic (exact) mass is 620 g/mol. The average Bonchev–Trinajstić information content (AvgIpc) is 2.93. The van der Waals surface area contributed by atoms with Gasteiger partial charge in [-0.2, -0.15) is 0 Å². The van der Waals surface area contributed by atoms with E-state index in [2.05, 4.69) is 5.32 Å². The third kappa shape index (κ3) is 4.23. The van der Waals surface area contributed by atoms with Crippen LogP contribution < -0.4 is 16.0 Å². The maximum atomic E-state index is 14.1. The molecule has 5 saturated carbocycles. The molecule has 0 saturated heterocycles. The Morgan fingerprint density at radius 2 is 1.62 bits per heavy atom. The molecule has 0 radical (unpaired) electrons. The van der Waals surface area contributed by atoms with Gasteiger partial charge in [0.05, 0.1) is 11.6 Å². The quantitative estimate of drug-likeness (QED) is 0.258. The smallest absolute Gasteiger partial charge is 0.255 e. The van der Waals surface area contributed by atoms with Gasteiger partial charge >= 0.3 is 0 Å². The Morgan fingerprint density at radius 1 is 1.00 bits per heavy atom. The fourth-order valence-electron chi connectivity index (χ4n) is 10.5. The molecule has 0 unspecified atom stereocenters. The number of nitrogens with two attached hydrogens (primary N) is 1. The van der Waals surface area contributed by atoms with E-state index < -0.39 is 58.0 Å². The lowest BCUT2D eigenvalue weighted by Gasteiger charge is -2.54. The molecule has 11 nitrogen and oxygen atoms in total. The van der Waals surface area contributed by atoms with Crippen molar-refractivity contribution >= 4 is 28.9 Å². The molecule has 4 bridgehead atoms. The van der Waals surface area contributed by atoms with Gasteiger partial charge in [-0.15, -0.1) is 0 Å². The molecule has 8 rings (SSSR count). The van der Waals surface area contributed by atoms with Crippen LogP contribution in [0.5, 0.6) is 5.75 Å². The van der Waals surface area contributed by atoms with Gasteiger partial charge in [-0.05, 0) is 106 Å². The number of amides is 1. The van der Waals surface area contributed by atoms with Crippen molar-refractivity contribution in [2.45, 2.75) is 69.2 Å². The predicted molar refractivity (Wildman–Crippen MR) is 166 cm³/mol. The summed E-state index contributed by atoms with van der Waals surface area (Å²) < 4.78 is 0. The Bertz CT molecular complexity index is 1550. The predicted octanol–water partition coefficient (Wildman–Crippen LogP) is 1.94. The lowest BCUT2D eigenvalue weighted by atomic mass is 9.54. The number of Topliss-reactive ketones (excluding diaryl/α,β-unsaturated/α-hetero) is 2. The number of phenolic OH excluding ortho intramolecular Hbond substituents is 1. The van der Waals surface area contributed by atoms with Gasteiger partial charge in [0, 0.05) is 43.9 Å². The number of carbonyl (C=O) groups excluding carboxylic acids is 3. The van der Waals surface area contributed by atoms with Crippen molar-refractivity contribution in [3.63, 3.8) is 0 Å². The van der Waals surface area contributed by atoms with Gasteiger partial charge in [0.25, 0.3) is 5.91 Å². The van der Waals surface area contributed by atoms with Crippen molar-refractivity contribution in [2.75, 3.05) is 33.1 Å². The van der Waals surface area contributed by atoms with Crippen molar-refractivity contribution in [3.8, 4) is 5.75 Å². The molecule has 7 N–H and O–H groups in total. The Hall–Kier alpha value is -3.41. The highest BCUT2D eigenvalue weighted by atomic mass is 16.3. The van der Waals surface area contributed by atoms with Gasteiger partial charge in [0.2, 0.25) is 5.78 Å². The standard InChI is InChI=1S/C34H44N4O7/c1-37(2)27-19(13-36-26-17-6-14-5-15(8-17)9-18(26)7-14)12-22(39)24-20(27)10-16-11-21-28(38(3)4)30(41)25(33(35)44)32(43)34(21,45)31(42)23(16)29(24)40/h12,14-18,21,26,28,36,39-40,43,45H,5-11,13H2,1-4H3,(H2,35,44)/t14?,15?,16-,17?,18?,21-,26?,28-,34-/m0/s1. The summed E-state index contributed by atoms with van der Waals surface area (Å²) in [5.74, 6) is -3.36. The number of nitrogens with zero attached hydrogens (tertiary/aromatic N) is 2. The first-order chi connectivity index (χ1) is 21.2. The van der Waals surface area contributed by atoms with Crippen LogP contribution in [0.25, 0.3) is 5.76 Å². The van der Waals surface area contributed by atoms with Gasteiger partial charge in [0.15, 0.2) is 11.4 Å². The van der Waals surface area contributed by atoms with Crippen LogP contribution in [0, 0.1) is 35.5 Å². The maximum absolute atomic E-state index is 14.1. The number of nitrogens with one attached hydrogen (secondary N) is 1. The number of aliphatic hydroxyl groups is 3. The van der Waals surface area contributed by atoms with Crippen LogP contribution >= 0.6 is 0 Å². The summed E-state index contributed by atoms with van der Waals surface area (Å²) in [6.45, 7) is 0.552. The number of rotatable bonds is 6. The number of aromatic hydroxyl groups is 1. The van der Waals surface area contributed by atoms with Crippen LogP contribution in [0.15, 0.2) is 23.0 Å². The molecular weight excluding hydrogens is 576 g/mol. The minimum absolute atomic E-state index is 0.0651. The third-order valence-electron chi connectivity index (χ3n) is 12.0. The van der Waals surface area contributed by atoms with Crippen LogP contribution in [-0.4, -0.2) is 88.7 Å². The van der Waals surface area contributed by atoms with E-state index >= 15 is 0 Å². The van der Waals surface area contributed by atoms with Gasteiger partial charge < -0.3 is 36.4 Å². The molecule has 4 atom stereocenters. The highest BCUT2D eigenvalue weighted by molar-refractivity contribution is 6.24. The van der Waals surface area contributed by atoms with E-state index in [1.54, 1.807) is 20.2 Å². The second-order valence-corrected chi connectivity index (χ2v) is 15.0. The van der Waals surface area contributed by atoms with Crippen LogP contribution in [0.2, 0.25) is 0 Å². The van der Waals surface area contributed by atoms with E-state index in [0.717, 1.165) is 23.1 Å². The summed E-state index contributed by atoms with van der Waals surface area (Å²) in [4.78, 5) is 43.2. The SMILES string of the molecule is CN(C)c1c(CNC2C3CC4CC(C3)CC2C4)cc(O)c2c1C[C@H]1C[C@H]3[C@H](N(C)C)C(=O)C(C(N)=O)=C(O)[C@@]3(O)C(=O)C1=C2O. The average molecular weight is 621 g/mol. The summed E-state index contributed by atoms with van der Waals surface area (Å²) >= 11 is 0. The second-order valence-electron chi connectivity index (χ2n) is 15.0. The Balaban J connectivity index is 1.29. The number of anilines is 1. The molecule has 0 aliphatic heterocycles. The lowest BCUT2D eigenvalue weighted by molar-refractivity contribution is -0.153. The molecule has 242 valence electrons. The van der Waals surface area contributed by atoms with Crippen molar-refractivity contribution in [3.05, 3.63) is 39.7 Å². The molecule has 11 heteroatoms. The van der Waals surface area contributed by atoms with Gasteiger partial charge in [-0.1, -0.05) is 0 Å². The van der Waals surface area contributed by atoms with Crippen LogP contribution in [-0.2, 0) is 27.3 Å². The van der Waals surface area contributed by atoms with E-state index in [9.17, 15) is 34.8 Å². The highest BCUT2D eigenvalue weighted by Gasteiger charge is 2.64. The number of primary amides is 1. The molecule has 0 heterocycles. The first-order valence-corrected chi connectivity index (χ1v) is 16.2. The van der Waals surface area contributed by atoms with E-state index in [0.29, 0.717) is 30.0 Å². The summed E-state index contributed by atoms with van der Waals surface area (Å²) in [5.41, 5.74) is 4.37. The van der Waals surface area contributed by atoms with E-state index in [4.69, 9.17) is 5.73 Å². The largest absolute Gasteiger partial charge is 0.508 e. The minimum atomic E-state index is -2.65. The summed E-state index contributed by atoms with van der Waals surface area (Å²) in [5, 5.41) is 49.8. The first-order valence-electron chi connectivity index (χ1n) is 16.2. The first kappa shape index (κ1) is 30.3. The van der Waals surface area contributed by atoms with Crippen molar-refractivity contribution in [2.24, 2.45) is 41.2 Å². The normalized spacial score (nSPS) is 36.8. The number of benzene rings is 1. The molecular formula is C34H44N4O7. The second kappa shape index (κ2) is 10.3. The lowest BCUT2D eigenvalue weighted by Crippen LogP contribution is -2.65. The minimum Gasteiger partial charge on any atom is -0.508 e. The Labute approximate surface area is 262 Å².